The molecular formula is C16H19N3O. The summed E-state index contributed by atoms with van der Waals surface area (Å²) in [6.07, 6.45) is 3.54. The number of hydrogen-bond donors (Lipinski definition) is 2. The molecule has 0 fully saturated rings. The maximum absolute atomic E-state index is 11.8. The Morgan fingerprint density at radius 3 is 2.70 bits per heavy atom. The van der Waals surface area contributed by atoms with Gasteiger partial charge >= 0.3 is 0 Å². The average molecular weight is 269 g/mol. The molecule has 20 heavy (non-hydrogen) atoms. The van der Waals surface area contributed by atoms with Crippen molar-refractivity contribution in [3.63, 3.8) is 0 Å². The molecule has 0 aliphatic heterocycles. The molecule has 0 saturated carbocycles. The molecule has 104 valence electrons. The Hall–Kier alpha value is -2.20. The molecule has 0 bridgehead atoms. The molecule has 4 heteroatoms. The number of pyridine rings is 1. The van der Waals surface area contributed by atoms with Crippen molar-refractivity contribution in [2.24, 2.45) is 0 Å². The van der Waals surface area contributed by atoms with Gasteiger partial charge in [-0.2, -0.15) is 0 Å². The Bertz CT molecular complexity index is 528. The molecule has 1 amide bonds. The Kier molecular flexibility index (Phi) is 5.26. The molecule has 0 radical (unpaired) electrons. The van der Waals surface area contributed by atoms with Crippen molar-refractivity contribution in [3.8, 4) is 0 Å². The van der Waals surface area contributed by atoms with Gasteiger partial charge in [0.1, 0.15) is 0 Å². The van der Waals surface area contributed by atoms with Crippen LogP contribution in [-0.4, -0.2) is 17.4 Å². The van der Waals surface area contributed by atoms with Gasteiger partial charge in [0.15, 0.2) is 0 Å². The second kappa shape index (κ2) is 7.40. The monoisotopic (exact) mass is 269 g/mol. The first-order valence-corrected chi connectivity index (χ1v) is 6.69. The molecule has 1 aromatic heterocycles. The second-order valence-corrected chi connectivity index (χ2v) is 4.65. The number of aromatic nitrogens is 1. The van der Waals surface area contributed by atoms with Crippen molar-refractivity contribution in [2.45, 2.75) is 19.5 Å². The van der Waals surface area contributed by atoms with Gasteiger partial charge in [-0.1, -0.05) is 36.4 Å². The van der Waals surface area contributed by atoms with Crippen LogP contribution in [0.25, 0.3) is 0 Å². The number of carbonyl (C=O) groups is 1. The van der Waals surface area contributed by atoms with E-state index in [-0.39, 0.29) is 11.9 Å². The summed E-state index contributed by atoms with van der Waals surface area (Å²) in [6.45, 7) is 2.87. The normalized spacial score (nSPS) is 11.8. The molecule has 4 nitrogen and oxygen atoms in total. The fraction of sp³-hybridized carbons (Fsp3) is 0.250. The van der Waals surface area contributed by atoms with Crippen LogP contribution in [0, 0.1) is 0 Å². The molecule has 0 unspecified atom stereocenters. The predicted octanol–water partition coefficient (Wildman–Crippen LogP) is 2.05. The fourth-order valence-corrected chi connectivity index (χ4v) is 1.85. The summed E-state index contributed by atoms with van der Waals surface area (Å²) in [5.41, 5.74) is 2.17. The number of rotatable bonds is 6. The molecule has 2 aromatic rings. The van der Waals surface area contributed by atoms with Crippen LogP contribution in [0.3, 0.4) is 0 Å². The summed E-state index contributed by atoms with van der Waals surface area (Å²) in [4.78, 5) is 15.8. The van der Waals surface area contributed by atoms with Gasteiger partial charge in [0.25, 0.3) is 0 Å². The van der Waals surface area contributed by atoms with Gasteiger partial charge in [-0.15, -0.1) is 0 Å². The number of hydrogen-bond acceptors (Lipinski definition) is 3. The van der Waals surface area contributed by atoms with Gasteiger partial charge in [-0.05, 0) is 24.1 Å². The van der Waals surface area contributed by atoms with Crippen LogP contribution in [0.2, 0.25) is 0 Å². The largest absolute Gasteiger partial charge is 0.351 e. The number of nitrogens with one attached hydrogen (secondary N) is 2. The van der Waals surface area contributed by atoms with Crippen molar-refractivity contribution in [2.75, 3.05) is 6.54 Å². The maximum Gasteiger partial charge on any atom is 0.234 e. The van der Waals surface area contributed by atoms with Crippen molar-refractivity contribution >= 4 is 5.91 Å². The van der Waals surface area contributed by atoms with Crippen LogP contribution in [0.4, 0.5) is 0 Å². The zero-order valence-corrected chi connectivity index (χ0v) is 11.5. The van der Waals surface area contributed by atoms with Gasteiger partial charge in [-0.25, -0.2) is 0 Å². The molecule has 0 saturated heterocycles. The molecule has 1 aromatic carbocycles. The van der Waals surface area contributed by atoms with E-state index in [1.54, 1.807) is 12.4 Å². The third-order valence-corrected chi connectivity index (χ3v) is 3.09. The lowest BCUT2D eigenvalue weighted by atomic mass is 10.1. The highest BCUT2D eigenvalue weighted by Gasteiger charge is 2.07. The smallest absolute Gasteiger partial charge is 0.234 e. The molecular weight excluding hydrogens is 250 g/mol. The minimum Gasteiger partial charge on any atom is -0.351 e. The highest BCUT2D eigenvalue weighted by atomic mass is 16.1. The summed E-state index contributed by atoms with van der Waals surface area (Å²) in [5, 5.41) is 6.07. The highest BCUT2D eigenvalue weighted by Crippen LogP contribution is 2.08. The first kappa shape index (κ1) is 14.2. The summed E-state index contributed by atoms with van der Waals surface area (Å²) in [5.74, 6) is -0.00964. The number of benzene rings is 1. The third-order valence-electron chi connectivity index (χ3n) is 3.09. The Morgan fingerprint density at radius 2 is 2.00 bits per heavy atom. The van der Waals surface area contributed by atoms with E-state index in [1.807, 2.05) is 49.4 Å². The molecule has 1 heterocycles. The topological polar surface area (TPSA) is 54.0 Å². The number of nitrogens with zero attached hydrogens (tertiary/aromatic N) is 1. The number of amides is 1. The van der Waals surface area contributed by atoms with Gasteiger partial charge in [0.05, 0.1) is 6.54 Å². The van der Waals surface area contributed by atoms with Gasteiger partial charge < -0.3 is 10.6 Å². The van der Waals surface area contributed by atoms with Gasteiger partial charge in [0, 0.05) is 25.0 Å². The SMILES string of the molecule is C[C@@H](NCC(=O)NCc1ccccc1)c1cccnc1. The van der Waals surface area contributed by atoms with Crippen LogP contribution in [0.5, 0.6) is 0 Å². The van der Waals surface area contributed by atoms with Crippen LogP contribution in [0.1, 0.15) is 24.1 Å². The summed E-state index contributed by atoms with van der Waals surface area (Å²) >= 11 is 0. The van der Waals surface area contributed by atoms with Crippen LogP contribution in [-0.2, 0) is 11.3 Å². The minimum absolute atomic E-state index is 0.00964. The van der Waals surface area contributed by atoms with E-state index in [0.717, 1.165) is 11.1 Å². The van der Waals surface area contributed by atoms with Crippen LogP contribution in [0.15, 0.2) is 54.9 Å². The predicted molar refractivity (Wildman–Crippen MR) is 78.9 cm³/mol. The lowest BCUT2D eigenvalue weighted by Crippen LogP contribution is -2.34. The molecule has 2 N–H and O–H groups in total. The van der Waals surface area contributed by atoms with E-state index in [0.29, 0.717) is 13.1 Å². The van der Waals surface area contributed by atoms with Crippen molar-refractivity contribution in [3.05, 3.63) is 66.0 Å². The second-order valence-electron chi connectivity index (χ2n) is 4.65. The Labute approximate surface area is 119 Å². The van der Waals surface area contributed by atoms with Crippen molar-refractivity contribution < 1.29 is 4.79 Å². The van der Waals surface area contributed by atoms with Crippen molar-refractivity contribution in [1.29, 1.82) is 0 Å². The third kappa shape index (κ3) is 4.48. The molecule has 0 aliphatic carbocycles. The van der Waals surface area contributed by atoms with E-state index in [2.05, 4.69) is 15.6 Å². The van der Waals surface area contributed by atoms with E-state index >= 15 is 0 Å². The van der Waals surface area contributed by atoms with Gasteiger partial charge in [0.2, 0.25) is 5.91 Å². The average Bonchev–Trinajstić information content (AvgIpc) is 2.52. The lowest BCUT2D eigenvalue weighted by Gasteiger charge is -2.13. The van der Waals surface area contributed by atoms with E-state index in [1.165, 1.54) is 0 Å². The summed E-state index contributed by atoms with van der Waals surface area (Å²) in [7, 11) is 0. The quantitative estimate of drug-likeness (QED) is 0.844. The maximum atomic E-state index is 11.8. The first-order valence-electron chi connectivity index (χ1n) is 6.69. The lowest BCUT2D eigenvalue weighted by molar-refractivity contribution is -0.120. The fourth-order valence-electron chi connectivity index (χ4n) is 1.85. The Morgan fingerprint density at radius 1 is 1.20 bits per heavy atom. The van der Waals surface area contributed by atoms with Crippen LogP contribution >= 0.6 is 0 Å². The molecule has 2 rings (SSSR count). The zero-order valence-electron chi connectivity index (χ0n) is 11.5. The summed E-state index contributed by atoms with van der Waals surface area (Å²) in [6, 6.07) is 13.9. The summed E-state index contributed by atoms with van der Waals surface area (Å²) < 4.78 is 0. The Balaban J connectivity index is 1.73. The standard InChI is InChI=1S/C16H19N3O/c1-13(15-8-5-9-17-11-15)18-12-16(20)19-10-14-6-3-2-4-7-14/h2-9,11,13,18H,10,12H2,1H3,(H,19,20)/t13-/m1/s1. The highest BCUT2D eigenvalue weighted by molar-refractivity contribution is 5.78. The van der Waals surface area contributed by atoms with E-state index in [4.69, 9.17) is 0 Å². The minimum atomic E-state index is -0.00964. The van der Waals surface area contributed by atoms with E-state index in [9.17, 15) is 4.79 Å². The zero-order chi connectivity index (χ0) is 14.2. The van der Waals surface area contributed by atoms with Crippen LogP contribution < -0.4 is 10.6 Å². The van der Waals surface area contributed by atoms with Gasteiger partial charge in [-0.3, -0.25) is 9.78 Å². The molecule has 0 aliphatic rings. The van der Waals surface area contributed by atoms with Crippen molar-refractivity contribution in [1.82, 2.24) is 15.6 Å². The molecule has 0 spiro atoms. The molecule has 1 atom stereocenters. The van der Waals surface area contributed by atoms with E-state index < -0.39 is 0 Å². The number of carbonyl (C=O) groups excluding carboxylic acids is 1. The first-order chi connectivity index (χ1) is 9.75.